The smallest absolute Gasteiger partial charge is 0.315 e. The second kappa shape index (κ2) is 10.1. The van der Waals surface area contributed by atoms with Gasteiger partial charge in [-0.25, -0.2) is 4.90 Å². The molecule has 0 bridgehead atoms. The van der Waals surface area contributed by atoms with Gasteiger partial charge in [0, 0.05) is 24.0 Å². The summed E-state index contributed by atoms with van der Waals surface area (Å²) in [6.45, 7) is 6.59. The van der Waals surface area contributed by atoms with Crippen LogP contribution in [0.15, 0.2) is 60.2 Å². The third-order valence-electron chi connectivity index (χ3n) is 6.98. The van der Waals surface area contributed by atoms with E-state index < -0.39 is 46.8 Å². The molecule has 0 N–H and O–H groups in total. The highest BCUT2D eigenvalue weighted by Crippen LogP contribution is 2.58. The Morgan fingerprint density at radius 3 is 2.22 bits per heavy atom. The van der Waals surface area contributed by atoms with E-state index in [1.165, 1.54) is 13.0 Å². The molecule has 1 aliphatic heterocycles. The minimum atomic E-state index is -1.73. The van der Waals surface area contributed by atoms with Crippen LogP contribution in [0.3, 0.4) is 0 Å². The minimum Gasteiger partial charge on any atom is -0.466 e. The number of imide groups is 1. The summed E-state index contributed by atoms with van der Waals surface area (Å²) in [6.07, 6.45) is 1.26. The summed E-state index contributed by atoms with van der Waals surface area (Å²) in [5.74, 6) is -5.30. The molecule has 3 atom stereocenters. The molecule has 1 spiro atoms. The predicted molar refractivity (Wildman–Crippen MR) is 135 cm³/mol. The fourth-order valence-corrected chi connectivity index (χ4v) is 5.52. The van der Waals surface area contributed by atoms with E-state index in [0.717, 1.165) is 10.5 Å². The summed E-state index contributed by atoms with van der Waals surface area (Å²) in [7, 11) is 0. The lowest BCUT2D eigenvalue weighted by Crippen LogP contribution is -2.52. The molecule has 0 radical (unpaired) electrons. The van der Waals surface area contributed by atoms with Gasteiger partial charge in [-0.3, -0.25) is 24.0 Å². The second-order valence-corrected chi connectivity index (χ2v) is 9.16. The third kappa shape index (κ3) is 4.16. The lowest BCUT2D eigenvalue weighted by molar-refractivity contribution is -0.153. The monoisotopic (exact) mass is 503 g/mol. The molecule has 2 unspecified atom stereocenters. The number of aryl methyl sites for hydroxylation is 1. The number of esters is 2. The number of amides is 2. The zero-order valence-corrected chi connectivity index (χ0v) is 21.3. The molecule has 1 aliphatic carbocycles. The number of ether oxygens (including phenoxy) is 2. The molecule has 0 fully saturated rings. The quantitative estimate of drug-likeness (QED) is 0.419. The van der Waals surface area contributed by atoms with E-state index in [9.17, 15) is 24.0 Å². The number of nitrogens with zero attached hydrogens (tertiary/aromatic N) is 1. The van der Waals surface area contributed by atoms with E-state index in [1.54, 1.807) is 62.4 Å². The van der Waals surface area contributed by atoms with Gasteiger partial charge >= 0.3 is 11.9 Å². The number of Topliss-reactive ketones (excluding diaryl/α,β-unsaturated/α-hetero) is 1. The lowest BCUT2D eigenvalue weighted by atomic mass is 9.64. The zero-order valence-electron chi connectivity index (χ0n) is 21.3. The molecule has 37 heavy (non-hydrogen) atoms. The lowest BCUT2D eigenvalue weighted by Gasteiger charge is -2.35. The van der Waals surface area contributed by atoms with Crippen LogP contribution in [0.2, 0.25) is 0 Å². The Bertz CT molecular complexity index is 1310. The molecule has 4 rings (SSSR count). The van der Waals surface area contributed by atoms with Crippen molar-refractivity contribution in [1.82, 2.24) is 0 Å². The highest BCUT2D eigenvalue weighted by atomic mass is 16.5. The van der Waals surface area contributed by atoms with Gasteiger partial charge in [-0.2, -0.15) is 0 Å². The molecule has 8 nitrogen and oxygen atoms in total. The third-order valence-corrected chi connectivity index (χ3v) is 6.98. The topological polar surface area (TPSA) is 107 Å². The summed E-state index contributed by atoms with van der Waals surface area (Å²) in [4.78, 5) is 68.1. The number of allylic oxidation sites excluding steroid dienone is 1. The fraction of sp³-hybridized carbons (Fsp3) is 0.345. The van der Waals surface area contributed by atoms with Crippen LogP contribution in [0.4, 0.5) is 5.69 Å². The highest BCUT2D eigenvalue weighted by Gasteiger charge is 2.67. The molecule has 2 aromatic rings. The van der Waals surface area contributed by atoms with E-state index >= 15 is 0 Å². The van der Waals surface area contributed by atoms with Gasteiger partial charge in [-0.1, -0.05) is 54.1 Å². The number of carbonyl (C=O) groups is 5. The van der Waals surface area contributed by atoms with Gasteiger partial charge in [-0.05, 0) is 32.4 Å². The van der Waals surface area contributed by atoms with Crippen molar-refractivity contribution in [1.29, 1.82) is 0 Å². The van der Waals surface area contributed by atoms with Crippen LogP contribution in [0.1, 0.15) is 48.7 Å². The van der Waals surface area contributed by atoms with Gasteiger partial charge < -0.3 is 9.47 Å². The molecule has 1 heterocycles. The molecular weight excluding hydrogens is 474 g/mol. The van der Waals surface area contributed by atoms with Crippen molar-refractivity contribution in [3.05, 3.63) is 76.9 Å². The number of para-hydroxylation sites is 1. The molecule has 0 aromatic heterocycles. The van der Waals surface area contributed by atoms with Gasteiger partial charge in [0.15, 0.2) is 5.78 Å². The van der Waals surface area contributed by atoms with E-state index in [2.05, 4.69) is 0 Å². The van der Waals surface area contributed by atoms with Crippen molar-refractivity contribution in [2.75, 3.05) is 18.1 Å². The first-order valence-electron chi connectivity index (χ1n) is 12.3. The highest BCUT2D eigenvalue weighted by molar-refractivity contribution is 6.25. The largest absolute Gasteiger partial charge is 0.466 e. The van der Waals surface area contributed by atoms with Crippen molar-refractivity contribution in [2.45, 2.75) is 39.5 Å². The van der Waals surface area contributed by atoms with Crippen molar-refractivity contribution >= 4 is 35.2 Å². The Morgan fingerprint density at radius 1 is 0.946 bits per heavy atom. The van der Waals surface area contributed by atoms with Crippen LogP contribution in [0.25, 0.3) is 0 Å². The van der Waals surface area contributed by atoms with Crippen LogP contribution in [0, 0.1) is 18.8 Å². The number of hydrogen-bond donors (Lipinski definition) is 0. The Hall–Kier alpha value is -4.07. The summed E-state index contributed by atoms with van der Waals surface area (Å²) < 4.78 is 10.6. The van der Waals surface area contributed by atoms with E-state index in [-0.39, 0.29) is 25.2 Å². The fourth-order valence-electron chi connectivity index (χ4n) is 5.52. The Kier molecular flexibility index (Phi) is 7.12. The van der Waals surface area contributed by atoms with Crippen molar-refractivity contribution in [3.63, 3.8) is 0 Å². The Balaban J connectivity index is 1.98. The number of carbonyl (C=O) groups excluding carboxylic acids is 5. The average molecular weight is 504 g/mol. The van der Waals surface area contributed by atoms with E-state index in [0.29, 0.717) is 16.8 Å². The summed E-state index contributed by atoms with van der Waals surface area (Å²) in [6, 6.07) is 13.5. The number of anilines is 1. The minimum absolute atomic E-state index is 0.0201. The van der Waals surface area contributed by atoms with E-state index in [4.69, 9.17) is 9.47 Å². The summed E-state index contributed by atoms with van der Waals surface area (Å²) in [5, 5.41) is 0. The first kappa shape index (κ1) is 26.0. The molecule has 2 amide bonds. The predicted octanol–water partition coefficient (Wildman–Crippen LogP) is 3.70. The SMILES string of the molecule is CCOC(=O)CC1C=C(C(=O)c2ccc(C)cc2)C(C(=O)OCC)[C@]12C(=O)N(C(C)=O)c1ccccc12. The summed E-state index contributed by atoms with van der Waals surface area (Å²) >= 11 is 0. The van der Waals surface area contributed by atoms with Gasteiger partial charge in [0.1, 0.15) is 11.3 Å². The average Bonchev–Trinajstić information content (AvgIpc) is 3.33. The van der Waals surface area contributed by atoms with Crippen LogP contribution in [-0.4, -0.2) is 42.7 Å². The number of hydrogen-bond acceptors (Lipinski definition) is 7. The maximum Gasteiger partial charge on any atom is 0.315 e. The number of rotatable bonds is 7. The van der Waals surface area contributed by atoms with Gasteiger partial charge in [0.2, 0.25) is 11.8 Å². The zero-order chi connectivity index (χ0) is 26.9. The van der Waals surface area contributed by atoms with Gasteiger partial charge in [-0.15, -0.1) is 0 Å². The van der Waals surface area contributed by atoms with Crippen LogP contribution >= 0.6 is 0 Å². The Morgan fingerprint density at radius 2 is 1.59 bits per heavy atom. The molecule has 8 heteroatoms. The van der Waals surface area contributed by atoms with Crippen molar-refractivity contribution < 1.29 is 33.4 Å². The van der Waals surface area contributed by atoms with Crippen LogP contribution < -0.4 is 4.90 Å². The molecule has 2 aliphatic rings. The molecule has 0 saturated heterocycles. The summed E-state index contributed by atoms with van der Waals surface area (Å²) in [5.41, 5.74) is 0.334. The molecule has 192 valence electrons. The normalized spacial score (nSPS) is 22.0. The maximum absolute atomic E-state index is 14.2. The number of ketones is 1. The van der Waals surface area contributed by atoms with E-state index in [1.807, 2.05) is 6.92 Å². The first-order valence-corrected chi connectivity index (χ1v) is 12.3. The van der Waals surface area contributed by atoms with Gasteiger partial charge in [0.05, 0.1) is 25.3 Å². The standard InChI is InChI=1S/C29H29NO7/c1-5-36-24(32)16-20-15-21(26(33)19-13-11-17(3)12-14-19)25(27(34)37-6-2)29(20)22-9-7-8-10-23(22)30(18(4)31)28(29)35/h7-15,20,25H,5-6,16H2,1-4H3/t20?,25?,29-/m0/s1. The van der Waals surface area contributed by atoms with Gasteiger partial charge in [0.25, 0.3) is 0 Å². The molecule has 2 aromatic carbocycles. The van der Waals surface area contributed by atoms with Crippen LogP contribution in [0.5, 0.6) is 0 Å². The molecule has 0 saturated carbocycles. The van der Waals surface area contributed by atoms with Crippen molar-refractivity contribution in [3.8, 4) is 0 Å². The maximum atomic E-state index is 14.2. The Labute approximate surface area is 215 Å². The molecular formula is C29H29NO7. The van der Waals surface area contributed by atoms with Crippen molar-refractivity contribution in [2.24, 2.45) is 11.8 Å². The second-order valence-electron chi connectivity index (χ2n) is 9.16. The number of fused-ring (bicyclic) bond motifs is 2. The van der Waals surface area contributed by atoms with Crippen LogP contribution in [-0.2, 0) is 34.1 Å². The number of benzene rings is 2. The first-order chi connectivity index (χ1) is 17.7.